The highest BCUT2D eigenvalue weighted by Crippen LogP contribution is 2.46. The topological polar surface area (TPSA) is 85.5 Å². The van der Waals surface area contributed by atoms with Gasteiger partial charge in [0.15, 0.2) is 11.5 Å². The molecule has 0 aliphatic heterocycles. The number of anilines is 2. The fraction of sp³-hybridized carbons (Fsp3) is 0.500. The summed E-state index contributed by atoms with van der Waals surface area (Å²) in [4.78, 5) is 11.3. The number of fused-ring (bicyclic) bond motifs is 1. The Morgan fingerprint density at radius 2 is 1.79 bits per heavy atom. The summed E-state index contributed by atoms with van der Waals surface area (Å²) < 4.78 is 52.1. The average molecular weight is 532 g/mol. The molecule has 38 heavy (non-hydrogen) atoms. The Labute approximate surface area is 221 Å². The van der Waals surface area contributed by atoms with Crippen LogP contribution in [0.25, 0.3) is 10.9 Å². The predicted molar refractivity (Wildman–Crippen MR) is 144 cm³/mol. The van der Waals surface area contributed by atoms with Gasteiger partial charge in [-0.25, -0.2) is 9.97 Å². The van der Waals surface area contributed by atoms with E-state index in [2.05, 4.69) is 41.2 Å². The standard InChI is InChI=1S/C28H36F3N5O2/c1-16(19-10-20(28(29,30)31)12-21(32)11-19)33-26-22-13-25(24(37-6)14-23(22)34-18(3)35-26)38-15-27(8-7-9-27)17(2)36(4)5/h10-14,16-17H,7-9,15,32H2,1-6H3,(H,33,34,35)/t16-,17+/m1/s1. The molecule has 0 amide bonds. The molecule has 10 heteroatoms. The number of aromatic nitrogens is 2. The zero-order chi connectivity index (χ0) is 27.8. The predicted octanol–water partition coefficient (Wildman–Crippen LogP) is 6.22. The van der Waals surface area contributed by atoms with Crippen molar-refractivity contribution in [1.29, 1.82) is 0 Å². The van der Waals surface area contributed by atoms with Crippen molar-refractivity contribution in [1.82, 2.24) is 14.9 Å². The van der Waals surface area contributed by atoms with Crippen molar-refractivity contribution in [2.75, 3.05) is 38.9 Å². The molecule has 7 nitrogen and oxygen atoms in total. The van der Waals surface area contributed by atoms with E-state index in [1.54, 1.807) is 27.0 Å². The van der Waals surface area contributed by atoms with Gasteiger partial charge in [-0.05, 0) is 77.5 Å². The number of rotatable bonds is 9. The number of hydrogen-bond donors (Lipinski definition) is 2. The number of aryl methyl sites for hydroxylation is 1. The normalized spacial score (nSPS) is 16.7. The molecule has 1 heterocycles. The molecular formula is C28H36F3N5O2. The maximum absolute atomic E-state index is 13.4. The minimum atomic E-state index is -4.49. The molecule has 1 aliphatic rings. The number of nitrogens with zero attached hydrogens (tertiary/aromatic N) is 3. The third-order valence-corrected chi connectivity index (χ3v) is 7.78. The van der Waals surface area contributed by atoms with E-state index in [1.165, 1.54) is 12.5 Å². The van der Waals surface area contributed by atoms with Gasteiger partial charge in [0, 0.05) is 28.6 Å². The van der Waals surface area contributed by atoms with Crippen molar-refractivity contribution >= 4 is 22.4 Å². The lowest BCUT2D eigenvalue weighted by atomic mass is 9.64. The first-order valence-corrected chi connectivity index (χ1v) is 12.7. The molecule has 1 saturated carbocycles. The number of ether oxygens (including phenoxy) is 2. The van der Waals surface area contributed by atoms with Gasteiger partial charge in [0.2, 0.25) is 0 Å². The highest BCUT2D eigenvalue weighted by Gasteiger charge is 2.44. The Kier molecular flexibility index (Phi) is 7.65. The number of methoxy groups -OCH3 is 1. The average Bonchev–Trinajstić information content (AvgIpc) is 2.81. The highest BCUT2D eigenvalue weighted by molar-refractivity contribution is 5.92. The second-order valence-electron chi connectivity index (χ2n) is 10.5. The second-order valence-corrected chi connectivity index (χ2v) is 10.5. The molecular weight excluding hydrogens is 495 g/mol. The van der Waals surface area contributed by atoms with Gasteiger partial charge in [0.05, 0.1) is 30.8 Å². The zero-order valence-corrected chi connectivity index (χ0v) is 22.7. The summed E-state index contributed by atoms with van der Waals surface area (Å²) >= 11 is 0. The molecule has 1 aromatic heterocycles. The Bertz CT molecular complexity index is 1310. The summed E-state index contributed by atoms with van der Waals surface area (Å²) in [6.07, 6.45) is -1.13. The summed E-state index contributed by atoms with van der Waals surface area (Å²) in [5, 5.41) is 3.95. The fourth-order valence-electron chi connectivity index (χ4n) is 5.10. The lowest BCUT2D eigenvalue weighted by Gasteiger charge is -2.48. The molecule has 0 unspecified atom stereocenters. The number of halogens is 3. The fourth-order valence-corrected chi connectivity index (χ4v) is 5.10. The van der Waals surface area contributed by atoms with Gasteiger partial charge >= 0.3 is 6.18 Å². The Balaban J connectivity index is 1.68. The number of nitrogens with two attached hydrogens (primary N) is 1. The third-order valence-electron chi connectivity index (χ3n) is 7.78. The summed E-state index contributed by atoms with van der Waals surface area (Å²) in [7, 11) is 5.75. The van der Waals surface area contributed by atoms with Crippen LogP contribution in [-0.4, -0.2) is 48.7 Å². The van der Waals surface area contributed by atoms with Gasteiger partial charge in [-0.15, -0.1) is 0 Å². The van der Waals surface area contributed by atoms with Crippen LogP contribution in [0.1, 0.15) is 56.1 Å². The molecule has 0 radical (unpaired) electrons. The van der Waals surface area contributed by atoms with Crippen LogP contribution in [-0.2, 0) is 6.18 Å². The van der Waals surface area contributed by atoms with E-state index in [-0.39, 0.29) is 11.1 Å². The molecule has 3 N–H and O–H groups in total. The monoisotopic (exact) mass is 531 g/mol. The van der Waals surface area contributed by atoms with Gasteiger partial charge in [0.25, 0.3) is 0 Å². The quantitative estimate of drug-likeness (QED) is 0.317. The lowest BCUT2D eigenvalue weighted by molar-refractivity contribution is -0.137. The lowest BCUT2D eigenvalue weighted by Crippen LogP contribution is -2.50. The first kappa shape index (κ1) is 27.8. The molecule has 206 valence electrons. The number of nitrogen functional groups attached to an aromatic ring is 1. The first-order valence-electron chi connectivity index (χ1n) is 12.7. The number of alkyl halides is 3. The van der Waals surface area contributed by atoms with Crippen LogP contribution in [0.2, 0.25) is 0 Å². The first-order chi connectivity index (χ1) is 17.8. The van der Waals surface area contributed by atoms with E-state index >= 15 is 0 Å². The third kappa shape index (κ3) is 5.60. The summed E-state index contributed by atoms with van der Waals surface area (Å²) in [5.74, 6) is 2.14. The molecule has 3 aromatic rings. The molecule has 0 spiro atoms. The van der Waals surface area contributed by atoms with E-state index < -0.39 is 17.8 Å². The van der Waals surface area contributed by atoms with Crippen LogP contribution in [0, 0.1) is 12.3 Å². The van der Waals surface area contributed by atoms with Gasteiger partial charge in [-0.3, -0.25) is 0 Å². The molecule has 2 atom stereocenters. The van der Waals surface area contributed by atoms with Crippen molar-refractivity contribution in [2.24, 2.45) is 5.41 Å². The largest absolute Gasteiger partial charge is 0.493 e. The van der Waals surface area contributed by atoms with E-state index in [1.807, 2.05) is 6.07 Å². The van der Waals surface area contributed by atoms with Crippen molar-refractivity contribution in [3.63, 3.8) is 0 Å². The minimum absolute atomic E-state index is 0.0458. The van der Waals surface area contributed by atoms with Crippen LogP contribution < -0.4 is 20.5 Å². The summed E-state index contributed by atoms with van der Waals surface area (Å²) in [6.45, 7) is 6.30. The van der Waals surface area contributed by atoms with Crippen molar-refractivity contribution in [2.45, 2.75) is 58.3 Å². The SMILES string of the molecule is COc1cc2nc(C)nc(N[C@H](C)c3cc(N)cc(C(F)(F)F)c3)c2cc1OCC1([C@H](C)N(C)C)CCC1. The molecule has 0 saturated heterocycles. The maximum atomic E-state index is 13.4. The molecule has 0 bridgehead atoms. The van der Waals surface area contributed by atoms with Gasteiger partial charge in [0.1, 0.15) is 11.6 Å². The maximum Gasteiger partial charge on any atom is 0.416 e. The van der Waals surface area contributed by atoms with E-state index in [9.17, 15) is 13.2 Å². The van der Waals surface area contributed by atoms with Crippen LogP contribution in [0.5, 0.6) is 11.5 Å². The van der Waals surface area contributed by atoms with Crippen molar-refractivity contribution < 1.29 is 22.6 Å². The number of hydrogen-bond acceptors (Lipinski definition) is 7. The van der Waals surface area contributed by atoms with E-state index in [0.29, 0.717) is 52.3 Å². The molecule has 1 fully saturated rings. The van der Waals surface area contributed by atoms with Gasteiger partial charge in [-0.1, -0.05) is 6.42 Å². The van der Waals surface area contributed by atoms with Crippen LogP contribution in [0.4, 0.5) is 24.7 Å². The molecule has 4 rings (SSSR count). The van der Waals surface area contributed by atoms with E-state index in [4.69, 9.17) is 15.2 Å². The van der Waals surface area contributed by atoms with E-state index in [0.717, 1.165) is 25.0 Å². The Morgan fingerprint density at radius 3 is 2.37 bits per heavy atom. The van der Waals surface area contributed by atoms with Crippen LogP contribution in [0.3, 0.4) is 0 Å². The Morgan fingerprint density at radius 1 is 1.08 bits per heavy atom. The Hall–Kier alpha value is -3.27. The van der Waals surface area contributed by atoms with Crippen LogP contribution in [0.15, 0.2) is 30.3 Å². The molecule has 2 aromatic carbocycles. The second kappa shape index (κ2) is 10.5. The summed E-state index contributed by atoms with van der Waals surface area (Å²) in [6, 6.07) is 7.06. The zero-order valence-electron chi connectivity index (χ0n) is 22.7. The van der Waals surface area contributed by atoms with Crippen molar-refractivity contribution in [3.05, 3.63) is 47.3 Å². The number of benzene rings is 2. The molecule has 1 aliphatic carbocycles. The highest BCUT2D eigenvalue weighted by atomic mass is 19.4. The van der Waals surface area contributed by atoms with Crippen molar-refractivity contribution in [3.8, 4) is 11.5 Å². The summed E-state index contributed by atoms with van der Waals surface area (Å²) in [5.41, 5.74) is 6.15. The number of nitrogens with one attached hydrogen (secondary N) is 1. The van der Waals surface area contributed by atoms with Crippen LogP contribution >= 0.6 is 0 Å². The van der Waals surface area contributed by atoms with Gasteiger partial charge in [-0.2, -0.15) is 13.2 Å². The minimum Gasteiger partial charge on any atom is -0.493 e. The van der Waals surface area contributed by atoms with Gasteiger partial charge < -0.3 is 25.4 Å². The smallest absolute Gasteiger partial charge is 0.416 e.